The van der Waals surface area contributed by atoms with Crippen molar-refractivity contribution in [2.75, 3.05) is 5.32 Å². The van der Waals surface area contributed by atoms with Crippen molar-refractivity contribution in [3.05, 3.63) is 36.0 Å². The van der Waals surface area contributed by atoms with Gasteiger partial charge in [-0.2, -0.15) is 0 Å². The smallest absolute Gasteiger partial charge is 0.354 e. The summed E-state index contributed by atoms with van der Waals surface area (Å²) < 4.78 is 0. The molecular formula is C15H18N2O2. The Bertz CT molecular complexity index is 608. The molecule has 0 spiro atoms. The molecule has 0 fully saturated rings. The second kappa shape index (κ2) is 5.26. The van der Waals surface area contributed by atoms with Gasteiger partial charge in [0.15, 0.2) is 5.69 Å². The van der Waals surface area contributed by atoms with Crippen LogP contribution in [0.15, 0.2) is 30.3 Å². The molecule has 1 aromatic carbocycles. The van der Waals surface area contributed by atoms with Crippen LogP contribution in [-0.4, -0.2) is 22.1 Å². The van der Waals surface area contributed by atoms with E-state index in [1.54, 1.807) is 6.07 Å². The van der Waals surface area contributed by atoms with Crippen molar-refractivity contribution >= 4 is 22.6 Å². The SMILES string of the molecule is CC(C)C(C)Nc1nc(C(=O)O)cc2ccccc12. The number of fused-ring (bicyclic) bond motifs is 1. The van der Waals surface area contributed by atoms with Gasteiger partial charge in [-0.05, 0) is 24.3 Å². The molecule has 2 N–H and O–H groups in total. The maximum atomic E-state index is 11.1. The normalized spacial score (nSPS) is 12.6. The van der Waals surface area contributed by atoms with E-state index in [2.05, 4.69) is 31.1 Å². The lowest BCUT2D eigenvalue weighted by molar-refractivity contribution is 0.0691. The summed E-state index contributed by atoms with van der Waals surface area (Å²) in [7, 11) is 0. The molecule has 0 saturated heterocycles. The van der Waals surface area contributed by atoms with Crippen molar-refractivity contribution in [1.82, 2.24) is 4.98 Å². The highest BCUT2D eigenvalue weighted by molar-refractivity contribution is 5.97. The zero-order valence-electron chi connectivity index (χ0n) is 11.3. The second-order valence-electron chi connectivity index (χ2n) is 5.06. The van der Waals surface area contributed by atoms with E-state index < -0.39 is 5.97 Å². The molecule has 1 heterocycles. The number of carboxylic acids is 1. The van der Waals surface area contributed by atoms with Crippen LogP contribution >= 0.6 is 0 Å². The van der Waals surface area contributed by atoms with Crippen LogP contribution in [0.5, 0.6) is 0 Å². The molecule has 100 valence electrons. The average molecular weight is 258 g/mol. The van der Waals surface area contributed by atoms with Crippen molar-refractivity contribution in [3.63, 3.8) is 0 Å². The number of anilines is 1. The fraction of sp³-hybridized carbons (Fsp3) is 0.333. The van der Waals surface area contributed by atoms with E-state index in [1.165, 1.54) is 0 Å². The van der Waals surface area contributed by atoms with Gasteiger partial charge >= 0.3 is 5.97 Å². The molecule has 19 heavy (non-hydrogen) atoms. The predicted molar refractivity (Wildman–Crippen MR) is 76.6 cm³/mol. The van der Waals surface area contributed by atoms with Crippen molar-refractivity contribution in [1.29, 1.82) is 0 Å². The van der Waals surface area contributed by atoms with Gasteiger partial charge in [0, 0.05) is 11.4 Å². The van der Waals surface area contributed by atoms with Gasteiger partial charge in [-0.15, -0.1) is 0 Å². The van der Waals surface area contributed by atoms with Crippen LogP contribution < -0.4 is 5.32 Å². The third-order valence-corrected chi connectivity index (χ3v) is 3.32. The molecule has 0 amide bonds. The molecule has 0 aliphatic rings. The van der Waals surface area contributed by atoms with Gasteiger partial charge < -0.3 is 10.4 Å². The van der Waals surface area contributed by atoms with Crippen LogP contribution in [0.25, 0.3) is 10.8 Å². The first-order valence-electron chi connectivity index (χ1n) is 6.38. The predicted octanol–water partition coefficient (Wildman–Crippen LogP) is 3.39. The first-order valence-corrected chi connectivity index (χ1v) is 6.38. The Balaban J connectivity index is 2.53. The van der Waals surface area contributed by atoms with Crippen molar-refractivity contribution in [2.45, 2.75) is 26.8 Å². The number of hydrogen-bond acceptors (Lipinski definition) is 3. The van der Waals surface area contributed by atoms with Gasteiger partial charge in [-0.1, -0.05) is 38.1 Å². The van der Waals surface area contributed by atoms with Gasteiger partial charge in [0.2, 0.25) is 0 Å². The van der Waals surface area contributed by atoms with Gasteiger partial charge in [0.25, 0.3) is 0 Å². The highest BCUT2D eigenvalue weighted by Gasteiger charge is 2.13. The van der Waals surface area contributed by atoms with Crippen LogP contribution in [0.2, 0.25) is 0 Å². The van der Waals surface area contributed by atoms with E-state index in [0.717, 1.165) is 10.8 Å². The van der Waals surface area contributed by atoms with Crippen LogP contribution in [-0.2, 0) is 0 Å². The zero-order chi connectivity index (χ0) is 14.0. The van der Waals surface area contributed by atoms with E-state index in [1.807, 2.05) is 24.3 Å². The van der Waals surface area contributed by atoms with Gasteiger partial charge in [0.1, 0.15) is 5.82 Å². The monoisotopic (exact) mass is 258 g/mol. The molecule has 1 unspecified atom stereocenters. The van der Waals surface area contributed by atoms with Crippen LogP contribution in [0.4, 0.5) is 5.82 Å². The topological polar surface area (TPSA) is 62.2 Å². The second-order valence-corrected chi connectivity index (χ2v) is 5.06. The molecule has 4 heteroatoms. The fourth-order valence-corrected chi connectivity index (χ4v) is 1.80. The van der Waals surface area contributed by atoms with E-state index in [4.69, 9.17) is 5.11 Å². The Morgan fingerprint density at radius 1 is 1.26 bits per heavy atom. The Kier molecular flexibility index (Phi) is 3.69. The molecule has 2 aromatic rings. The molecule has 1 atom stereocenters. The number of benzene rings is 1. The van der Waals surface area contributed by atoms with E-state index >= 15 is 0 Å². The molecule has 0 saturated carbocycles. The first-order chi connectivity index (χ1) is 8.99. The van der Waals surface area contributed by atoms with Gasteiger partial charge in [-0.3, -0.25) is 0 Å². The van der Waals surface area contributed by atoms with Crippen molar-refractivity contribution in [3.8, 4) is 0 Å². The summed E-state index contributed by atoms with van der Waals surface area (Å²) in [5, 5.41) is 14.3. The minimum atomic E-state index is -1.01. The molecule has 0 bridgehead atoms. The lowest BCUT2D eigenvalue weighted by Crippen LogP contribution is -2.22. The maximum absolute atomic E-state index is 11.1. The first kappa shape index (κ1) is 13.3. The Morgan fingerprint density at radius 3 is 2.58 bits per heavy atom. The van der Waals surface area contributed by atoms with Crippen LogP contribution in [0.1, 0.15) is 31.3 Å². The minimum absolute atomic E-state index is 0.0668. The van der Waals surface area contributed by atoms with Crippen molar-refractivity contribution in [2.24, 2.45) is 5.92 Å². The van der Waals surface area contributed by atoms with Gasteiger partial charge in [0.05, 0.1) is 0 Å². The standard InChI is InChI=1S/C15H18N2O2/c1-9(2)10(3)16-14-12-7-5-4-6-11(12)8-13(17-14)15(18)19/h4-10H,1-3H3,(H,16,17)(H,18,19). The van der Waals surface area contributed by atoms with E-state index in [9.17, 15) is 4.79 Å². The third-order valence-electron chi connectivity index (χ3n) is 3.32. The number of aromatic carboxylic acids is 1. The zero-order valence-corrected chi connectivity index (χ0v) is 11.3. The molecule has 0 radical (unpaired) electrons. The number of nitrogens with one attached hydrogen (secondary N) is 1. The fourth-order valence-electron chi connectivity index (χ4n) is 1.80. The Labute approximate surface area is 112 Å². The summed E-state index contributed by atoms with van der Waals surface area (Å²) in [5.41, 5.74) is 0.0668. The van der Waals surface area contributed by atoms with E-state index in [-0.39, 0.29) is 11.7 Å². The minimum Gasteiger partial charge on any atom is -0.477 e. The molecule has 1 aromatic heterocycles. The van der Waals surface area contributed by atoms with Crippen molar-refractivity contribution < 1.29 is 9.90 Å². The number of carboxylic acid groups (broad SMARTS) is 1. The highest BCUT2D eigenvalue weighted by Crippen LogP contribution is 2.24. The van der Waals surface area contributed by atoms with E-state index in [0.29, 0.717) is 11.7 Å². The summed E-state index contributed by atoms with van der Waals surface area (Å²) in [5.74, 6) is 0.0664. The lowest BCUT2D eigenvalue weighted by Gasteiger charge is -2.19. The Hall–Kier alpha value is -2.10. The third kappa shape index (κ3) is 2.84. The van der Waals surface area contributed by atoms with Gasteiger partial charge in [-0.25, -0.2) is 9.78 Å². The summed E-state index contributed by atoms with van der Waals surface area (Å²) >= 11 is 0. The molecule has 2 rings (SSSR count). The average Bonchev–Trinajstić information content (AvgIpc) is 2.38. The van der Waals surface area contributed by atoms with Crippen LogP contribution in [0.3, 0.4) is 0 Å². The summed E-state index contributed by atoms with van der Waals surface area (Å²) in [6, 6.07) is 9.49. The maximum Gasteiger partial charge on any atom is 0.354 e. The quantitative estimate of drug-likeness (QED) is 0.882. The number of nitrogens with zero attached hydrogens (tertiary/aromatic N) is 1. The molecule has 0 aliphatic heterocycles. The summed E-state index contributed by atoms with van der Waals surface area (Å²) in [6.45, 7) is 6.29. The van der Waals surface area contributed by atoms with Crippen LogP contribution in [0, 0.1) is 5.92 Å². The summed E-state index contributed by atoms with van der Waals surface area (Å²) in [6.07, 6.45) is 0. The Morgan fingerprint density at radius 2 is 1.95 bits per heavy atom. The number of hydrogen-bond donors (Lipinski definition) is 2. The largest absolute Gasteiger partial charge is 0.477 e. The number of aromatic nitrogens is 1. The molecule has 0 aliphatic carbocycles. The molecule has 4 nitrogen and oxygen atoms in total. The number of rotatable bonds is 4. The highest BCUT2D eigenvalue weighted by atomic mass is 16.4. The molecular weight excluding hydrogens is 240 g/mol. The number of carbonyl (C=O) groups is 1. The summed E-state index contributed by atoms with van der Waals surface area (Å²) in [4.78, 5) is 15.3. The lowest BCUT2D eigenvalue weighted by atomic mass is 10.1. The number of pyridine rings is 1.